The van der Waals surface area contributed by atoms with E-state index in [-0.39, 0.29) is 0 Å². The maximum Gasteiger partial charge on any atom is 0.187 e. The first-order valence-corrected chi connectivity index (χ1v) is 8.51. The smallest absolute Gasteiger partial charge is 0.187 e. The fraction of sp³-hybridized carbons (Fsp3) is 0.211. The van der Waals surface area contributed by atoms with Crippen LogP contribution in [0, 0.1) is 13.8 Å². The van der Waals surface area contributed by atoms with Crippen molar-refractivity contribution in [3.63, 3.8) is 0 Å². The van der Waals surface area contributed by atoms with Gasteiger partial charge in [0.05, 0.1) is 19.9 Å². The minimum atomic E-state index is 0.701. The predicted octanol–water partition coefficient (Wildman–Crippen LogP) is 5.19. The Morgan fingerprint density at radius 1 is 0.917 bits per heavy atom. The van der Waals surface area contributed by atoms with Gasteiger partial charge in [0.25, 0.3) is 0 Å². The van der Waals surface area contributed by atoms with E-state index in [4.69, 9.17) is 9.47 Å². The van der Waals surface area contributed by atoms with Gasteiger partial charge in [0.1, 0.15) is 0 Å². The van der Waals surface area contributed by atoms with Crippen molar-refractivity contribution in [1.82, 2.24) is 4.98 Å². The van der Waals surface area contributed by atoms with Gasteiger partial charge in [-0.1, -0.05) is 6.07 Å². The lowest BCUT2D eigenvalue weighted by molar-refractivity contribution is 0.355. The molecule has 3 rings (SSSR count). The van der Waals surface area contributed by atoms with Crippen molar-refractivity contribution in [2.24, 2.45) is 0 Å². The average molecular weight is 340 g/mol. The first-order valence-electron chi connectivity index (χ1n) is 7.63. The molecular formula is C19H20N2O2S. The number of nitrogens with zero attached hydrogens (tertiary/aromatic N) is 1. The van der Waals surface area contributed by atoms with E-state index in [0.717, 1.165) is 22.1 Å². The molecule has 0 aliphatic carbocycles. The normalized spacial score (nSPS) is 10.5. The highest BCUT2D eigenvalue weighted by Gasteiger charge is 2.09. The van der Waals surface area contributed by atoms with Gasteiger partial charge in [-0.15, -0.1) is 11.3 Å². The van der Waals surface area contributed by atoms with Crippen LogP contribution in [0.1, 0.15) is 11.1 Å². The number of aryl methyl sites for hydroxylation is 2. The van der Waals surface area contributed by atoms with Crippen LogP contribution in [0.3, 0.4) is 0 Å². The SMILES string of the molecule is COc1ccc(-c2csc(Nc3ccc(C)c(C)c3)n2)cc1OC. The zero-order chi connectivity index (χ0) is 17.1. The molecule has 0 radical (unpaired) electrons. The second-order valence-corrected chi connectivity index (χ2v) is 6.39. The average Bonchev–Trinajstić information content (AvgIpc) is 3.06. The Morgan fingerprint density at radius 3 is 2.42 bits per heavy atom. The minimum absolute atomic E-state index is 0.701. The minimum Gasteiger partial charge on any atom is -0.493 e. The van der Waals surface area contributed by atoms with Crippen molar-refractivity contribution in [1.29, 1.82) is 0 Å². The summed E-state index contributed by atoms with van der Waals surface area (Å²) in [6, 6.07) is 12.1. The standard InChI is InChI=1S/C19H20N2O2S/c1-12-5-7-15(9-13(12)2)20-19-21-16(11-24-19)14-6-8-17(22-3)18(10-14)23-4/h5-11H,1-4H3,(H,20,21). The number of aromatic nitrogens is 1. The van der Waals surface area contributed by atoms with E-state index >= 15 is 0 Å². The summed E-state index contributed by atoms with van der Waals surface area (Å²) in [5, 5.41) is 6.26. The molecule has 0 amide bonds. The predicted molar refractivity (Wildman–Crippen MR) is 99.9 cm³/mol. The van der Waals surface area contributed by atoms with E-state index in [2.05, 4.69) is 42.3 Å². The number of ether oxygens (including phenoxy) is 2. The van der Waals surface area contributed by atoms with Gasteiger partial charge >= 0.3 is 0 Å². The largest absolute Gasteiger partial charge is 0.493 e. The summed E-state index contributed by atoms with van der Waals surface area (Å²) in [7, 11) is 3.27. The van der Waals surface area contributed by atoms with Gasteiger partial charge in [-0.2, -0.15) is 0 Å². The monoisotopic (exact) mass is 340 g/mol. The Labute approximate surface area is 146 Å². The molecule has 124 valence electrons. The van der Waals surface area contributed by atoms with Gasteiger partial charge in [0.15, 0.2) is 16.6 Å². The summed E-state index contributed by atoms with van der Waals surface area (Å²) in [6.07, 6.45) is 0. The number of benzene rings is 2. The van der Waals surface area contributed by atoms with Crippen molar-refractivity contribution in [3.05, 3.63) is 52.9 Å². The Bertz CT molecular complexity index is 858. The summed E-state index contributed by atoms with van der Waals surface area (Å²) < 4.78 is 10.6. The van der Waals surface area contributed by atoms with Gasteiger partial charge < -0.3 is 14.8 Å². The molecule has 1 N–H and O–H groups in total. The quantitative estimate of drug-likeness (QED) is 0.694. The van der Waals surface area contributed by atoms with Crippen molar-refractivity contribution in [3.8, 4) is 22.8 Å². The van der Waals surface area contributed by atoms with Crippen molar-refractivity contribution >= 4 is 22.2 Å². The van der Waals surface area contributed by atoms with Crippen LogP contribution < -0.4 is 14.8 Å². The molecule has 1 heterocycles. The molecule has 0 fully saturated rings. The molecule has 0 aliphatic heterocycles. The van der Waals surface area contributed by atoms with E-state index in [9.17, 15) is 0 Å². The summed E-state index contributed by atoms with van der Waals surface area (Å²) >= 11 is 1.58. The molecule has 3 aromatic rings. The molecule has 4 nitrogen and oxygen atoms in total. The van der Waals surface area contributed by atoms with Crippen LogP contribution in [0.5, 0.6) is 11.5 Å². The Balaban J connectivity index is 1.83. The van der Waals surface area contributed by atoms with Gasteiger partial charge in [0, 0.05) is 16.6 Å². The summed E-state index contributed by atoms with van der Waals surface area (Å²) in [4.78, 5) is 4.67. The summed E-state index contributed by atoms with van der Waals surface area (Å²) in [5.41, 5.74) is 5.50. The number of nitrogens with one attached hydrogen (secondary N) is 1. The lowest BCUT2D eigenvalue weighted by atomic mass is 10.1. The topological polar surface area (TPSA) is 43.4 Å². The third-order valence-electron chi connectivity index (χ3n) is 3.94. The van der Waals surface area contributed by atoms with E-state index in [0.29, 0.717) is 11.5 Å². The van der Waals surface area contributed by atoms with Crippen LogP contribution in [0.2, 0.25) is 0 Å². The molecule has 0 saturated heterocycles. The fourth-order valence-corrected chi connectivity index (χ4v) is 3.14. The molecule has 24 heavy (non-hydrogen) atoms. The maximum atomic E-state index is 5.36. The van der Waals surface area contributed by atoms with Crippen LogP contribution in [0.15, 0.2) is 41.8 Å². The second-order valence-electron chi connectivity index (χ2n) is 5.53. The van der Waals surface area contributed by atoms with Crippen LogP contribution in [0.4, 0.5) is 10.8 Å². The van der Waals surface area contributed by atoms with Crippen molar-refractivity contribution in [2.45, 2.75) is 13.8 Å². The van der Waals surface area contributed by atoms with Gasteiger partial charge in [-0.3, -0.25) is 0 Å². The highest BCUT2D eigenvalue weighted by atomic mass is 32.1. The van der Waals surface area contributed by atoms with E-state index in [1.165, 1.54) is 11.1 Å². The second kappa shape index (κ2) is 6.93. The first kappa shape index (κ1) is 16.3. The molecule has 5 heteroatoms. The van der Waals surface area contributed by atoms with E-state index in [1.807, 2.05) is 23.6 Å². The zero-order valence-electron chi connectivity index (χ0n) is 14.2. The highest BCUT2D eigenvalue weighted by Crippen LogP contribution is 2.34. The third kappa shape index (κ3) is 3.36. The highest BCUT2D eigenvalue weighted by molar-refractivity contribution is 7.14. The van der Waals surface area contributed by atoms with Gasteiger partial charge in [0.2, 0.25) is 0 Å². The Hall–Kier alpha value is -2.53. The molecule has 0 spiro atoms. The molecule has 0 aliphatic rings. The van der Waals surface area contributed by atoms with Crippen LogP contribution in [0.25, 0.3) is 11.3 Å². The zero-order valence-corrected chi connectivity index (χ0v) is 15.0. The Morgan fingerprint density at radius 2 is 1.71 bits per heavy atom. The Kier molecular flexibility index (Phi) is 4.71. The number of thiazole rings is 1. The van der Waals surface area contributed by atoms with Crippen molar-refractivity contribution in [2.75, 3.05) is 19.5 Å². The summed E-state index contributed by atoms with van der Waals surface area (Å²) in [5.74, 6) is 1.41. The molecule has 0 bridgehead atoms. The number of methoxy groups -OCH3 is 2. The molecule has 1 aromatic heterocycles. The van der Waals surface area contributed by atoms with Crippen LogP contribution in [-0.4, -0.2) is 19.2 Å². The molecular weight excluding hydrogens is 320 g/mol. The lowest BCUT2D eigenvalue weighted by Gasteiger charge is -2.08. The number of hydrogen-bond donors (Lipinski definition) is 1. The number of rotatable bonds is 5. The molecule has 0 saturated carbocycles. The molecule has 0 atom stereocenters. The lowest BCUT2D eigenvalue weighted by Crippen LogP contribution is -1.92. The fourth-order valence-electron chi connectivity index (χ4n) is 2.40. The number of anilines is 2. The number of hydrogen-bond acceptors (Lipinski definition) is 5. The van der Waals surface area contributed by atoms with E-state index in [1.54, 1.807) is 25.6 Å². The molecule has 2 aromatic carbocycles. The van der Waals surface area contributed by atoms with E-state index < -0.39 is 0 Å². The van der Waals surface area contributed by atoms with Crippen molar-refractivity contribution < 1.29 is 9.47 Å². The van der Waals surface area contributed by atoms with Crippen LogP contribution in [-0.2, 0) is 0 Å². The van der Waals surface area contributed by atoms with Gasteiger partial charge in [-0.05, 0) is 55.3 Å². The third-order valence-corrected chi connectivity index (χ3v) is 4.70. The van der Waals surface area contributed by atoms with Crippen LogP contribution >= 0.6 is 11.3 Å². The van der Waals surface area contributed by atoms with Gasteiger partial charge in [-0.25, -0.2) is 4.98 Å². The first-order chi connectivity index (χ1) is 11.6. The maximum absolute atomic E-state index is 5.36. The molecule has 0 unspecified atom stereocenters. The summed E-state index contributed by atoms with van der Waals surface area (Å²) in [6.45, 7) is 4.22.